The normalized spacial score (nSPS) is 13.1. The van der Waals surface area contributed by atoms with Crippen molar-refractivity contribution in [2.75, 3.05) is 0 Å². The third-order valence-corrected chi connectivity index (χ3v) is 3.97. The van der Waals surface area contributed by atoms with E-state index in [1.54, 1.807) is 42.5 Å². The minimum Gasteiger partial charge on any atom is -0.439 e. The molecular weight excluding hydrogens is 307 g/mol. The largest absolute Gasteiger partial charge is 0.491 e. The zero-order valence-electron chi connectivity index (χ0n) is 12.6. The molecule has 2 aromatic carbocycles. The number of pyridine rings is 1. The highest BCUT2D eigenvalue weighted by Crippen LogP contribution is 2.25. The number of benzene rings is 2. The molecule has 3 aromatic rings. The Balaban J connectivity index is 1.67. The number of amides is 1. The van der Waals surface area contributed by atoms with E-state index in [0.29, 0.717) is 34.7 Å². The summed E-state index contributed by atoms with van der Waals surface area (Å²) in [6.07, 6.45) is 0. The number of nitrogens with two attached hydrogens (primary N) is 1. The molecule has 1 amide bonds. The number of hydrogen-bond acceptors (Lipinski definition) is 5. The summed E-state index contributed by atoms with van der Waals surface area (Å²) in [5.74, 6) is 0.515. The molecule has 7 heteroatoms. The zero-order valence-corrected chi connectivity index (χ0v) is 12.6. The maximum Gasteiger partial charge on any atom is 0.491 e. The van der Waals surface area contributed by atoms with Crippen LogP contribution in [0.2, 0.25) is 0 Å². The average molecular weight is 320 g/mol. The van der Waals surface area contributed by atoms with E-state index in [0.717, 1.165) is 11.0 Å². The first-order valence-electron chi connectivity index (χ1n) is 7.42. The van der Waals surface area contributed by atoms with Gasteiger partial charge in [-0.1, -0.05) is 12.1 Å². The highest BCUT2D eigenvalue weighted by atomic mass is 16.5. The Labute approximate surface area is 138 Å². The van der Waals surface area contributed by atoms with Gasteiger partial charge in [0, 0.05) is 17.0 Å². The third kappa shape index (κ3) is 2.49. The Bertz CT molecular complexity index is 960. The van der Waals surface area contributed by atoms with Gasteiger partial charge in [-0.15, -0.1) is 0 Å². The van der Waals surface area contributed by atoms with E-state index in [1.165, 1.54) is 0 Å². The predicted octanol–water partition coefficient (Wildman–Crippen LogP) is 1.34. The van der Waals surface area contributed by atoms with Gasteiger partial charge in [0.2, 0.25) is 11.8 Å². The number of ether oxygens (including phenoxy) is 1. The van der Waals surface area contributed by atoms with Crippen LogP contribution < -0.4 is 15.9 Å². The van der Waals surface area contributed by atoms with Gasteiger partial charge in [-0.2, -0.15) is 0 Å². The van der Waals surface area contributed by atoms with E-state index in [4.69, 9.17) is 15.1 Å². The Morgan fingerprint density at radius 1 is 1.25 bits per heavy atom. The molecule has 1 aromatic heterocycles. The van der Waals surface area contributed by atoms with E-state index < -0.39 is 13.0 Å². The van der Waals surface area contributed by atoms with Crippen LogP contribution in [0.3, 0.4) is 0 Å². The van der Waals surface area contributed by atoms with Crippen molar-refractivity contribution in [1.29, 1.82) is 0 Å². The van der Waals surface area contributed by atoms with E-state index in [2.05, 4.69) is 4.98 Å². The molecule has 0 unspecified atom stereocenters. The first kappa shape index (κ1) is 14.7. The van der Waals surface area contributed by atoms with Gasteiger partial charge in [-0.25, -0.2) is 4.98 Å². The number of carbonyl (C=O) groups excluding carboxylic acids is 1. The first-order chi connectivity index (χ1) is 11.6. The minimum atomic E-state index is -0.875. The Morgan fingerprint density at radius 2 is 2.12 bits per heavy atom. The Kier molecular flexibility index (Phi) is 3.44. The molecule has 0 aliphatic carbocycles. The second-order valence-electron chi connectivity index (χ2n) is 5.51. The number of carbonyl (C=O) groups is 1. The van der Waals surface area contributed by atoms with Crippen LogP contribution in [0.15, 0.2) is 48.5 Å². The van der Waals surface area contributed by atoms with Crippen molar-refractivity contribution in [1.82, 2.24) is 4.98 Å². The van der Waals surface area contributed by atoms with E-state index in [-0.39, 0.29) is 0 Å². The summed E-state index contributed by atoms with van der Waals surface area (Å²) in [5.41, 5.74) is 8.06. The second-order valence-corrected chi connectivity index (χ2v) is 5.51. The molecule has 0 saturated carbocycles. The number of primary amides is 1. The molecule has 24 heavy (non-hydrogen) atoms. The molecule has 0 radical (unpaired) electrons. The van der Waals surface area contributed by atoms with Crippen LogP contribution in [-0.4, -0.2) is 23.0 Å². The van der Waals surface area contributed by atoms with Crippen molar-refractivity contribution in [3.63, 3.8) is 0 Å². The molecule has 0 saturated heterocycles. The highest BCUT2D eigenvalue weighted by Gasteiger charge is 2.27. The van der Waals surface area contributed by atoms with E-state index in [1.807, 2.05) is 6.07 Å². The SMILES string of the molecule is NC(=O)c1cccc2nc(Oc3ccc4c(c3)COB4O)ccc12. The van der Waals surface area contributed by atoms with Crippen molar-refractivity contribution in [3.05, 3.63) is 59.7 Å². The maximum absolute atomic E-state index is 11.5. The van der Waals surface area contributed by atoms with Gasteiger partial charge in [-0.3, -0.25) is 4.79 Å². The average Bonchev–Trinajstić information content (AvgIpc) is 2.94. The van der Waals surface area contributed by atoms with Crippen LogP contribution in [0.5, 0.6) is 11.6 Å². The van der Waals surface area contributed by atoms with Gasteiger partial charge < -0.3 is 20.1 Å². The molecule has 1 aliphatic rings. The van der Waals surface area contributed by atoms with Crippen molar-refractivity contribution in [3.8, 4) is 11.6 Å². The van der Waals surface area contributed by atoms with Gasteiger partial charge in [-0.05, 0) is 41.4 Å². The lowest BCUT2D eigenvalue weighted by atomic mass is 9.80. The van der Waals surface area contributed by atoms with Gasteiger partial charge in [0.05, 0.1) is 12.1 Å². The van der Waals surface area contributed by atoms with Crippen LogP contribution in [0.25, 0.3) is 10.9 Å². The fourth-order valence-corrected chi connectivity index (χ4v) is 2.80. The summed E-state index contributed by atoms with van der Waals surface area (Å²) >= 11 is 0. The Hall–Kier alpha value is -2.90. The fourth-order valence-electron chi connectivity index (χ4n) is 2.80. The number of rotatable bonds is 3. The monoisotopic (exact) mass is 320 g/mol. The van der Waals surface area contributed by atoms with Crippen LogP contribution in [-0.2, 0) is 11.3 Å². The van der Waals surface area contributed by atoms with Crippen LogP contribution in [0.4, 0.5) is 0 Å². The number of fused-ring (bicyclic) bond motifs is 2. The molecule has 1 aliphatic heterocycles. The second kappa shape index (κ2) is 5.63. The van der Waals surface area contributed by atoms with E-state index >= 15 is 0 Å². The van der Waals surface area contributed by atoms with Gasteiger partial charge >= 0.3 is 7.12 Å². The van der Waals surface area contributed by atoms with Crippen LogP contribution >= 0.6 is 0 Å². The zero-order chi connectivity index (χ0) is 16.7. The van der Waals surface area contributed by atoms with E-state index in [9.17, 15) is 9.82 Å². The standard InChI is InChI=1S/C17H13BN2O4/c19-17(21)13-2-1-3-15-12(13)5-7-16(20-15)24-11-4-6-14-10(8-11)9-23-18(14)22/h1-8,22H,9H2,(H2,19,21). The lowest BCUT2D eigenvalue weighted by Gasteiger charge is -2.08. The van der Waals surface area contributed by atoms with Crippen LogP contribution in [0.1, 0.15) is 15.9 Å². The molecule has 2 heterocycles. The lowest BCUT2D eigenvalue weighted by Crippen LogP contribution is -2.27. The van der Waals surface area contributed by atoms with Crippen molar-refractivity contribution in [2.45, 2.75) is 6.61 Å². The molecular formula is C17H13BN2O4. The molecule has 0 atom stereocenters. The Morgan fingerprint density at radius 3 is 2.96 bits per heavy atom. The summed E-state index contributed by atoms with van der Waals surface area (Å²) in [4.78, 5) is 15.9. The van der Waals surface area contributed by atoms with Crippen molar-refractivity contribution in [2.24, 2.45) is 5.73 Å². The molecule has 118 valence electrons. The van der Waals surface area contributed by atoms with Gasteiger partial charge in [0.25, 0.3) is 0 Å². The molecule has 6 nitrogen and oxygen atoms in total. The third-order valence-electron chi connectivity index (χ3n) is 3.97. The molecule has 3 N–H and O–H groups in total. The topological polar surface area (TPSA) is 94.7 Å². The fraction of sp³-hybridized carbons (Fsp3) is 0.0588. The summed E-state index contributed by atoms with van der Waals surface area (Å²) in [5, 5.41) is 10.3. The molecule has 0 fully saturated rings. The quantitative estimate of drug-likeness (QED) is 0.710. The van der Waals surface area contributed by atoms with Crippen molar-refractivity contribution >= 4 is 29.4 Å². The molecule has 0 bridgehead atoms. The number of nitrogens with zero attached hydrogens (tertiary/aromatic N) is 1. The van der Waals surface area contributed by atoms with Gasteiger partial charge in [0.1, 0.15) is 5.75 Å². The summed E-state index contributed by atoms with van der Waals surface area (Å²) in [6, 6.07) is 14.0. The summed E-state index contributed by atoms with van der Waals surface area (Å²) < 4.78 is 10.9. The van der Waals surface area contributed by atoms with Crippen LogP contribution in [0, 0.1) is 0 Å². The minimum absolute atomic E-state index is 0.348. The summed E-state index contributed by atoms with van der Waals surface area (Å²) in [6.45, 7) is 0.348. The highest BCUT2D eigenvalue weighted by molar-refractivity contribution is 6.61. The lowest BCUT2D eigenvalue weighted by molar-refractivity contribution is 0.100. The van der Waals surface area contributed by atoms with Crippen molar-refractivity contribution < 1.29 is 19.2 Å². The number of hydrogen-bond donors (Lipinski definition) is 2. The smallest absolute Gasteiger partial charge is 0.439 e. The maximum atomic E-state index is 11.5. The summed E-state index contributed by atoms with van der Waals surface area (Å²) in [7, 11) is -0.875. The first-order valence-corrected chi connectivity index (χ1v) is 7.42. The number of aromatic nitrogens is 1. The van der Waals surface area contributed by atoms with Gasteiger partial charge in [0.15, 0.2) is 0 Å². The molecule has 0 spiro atoms. The predicted molar refractivity (Wildman–Crippen MR) is 89.2 cm³/mol. The molecule has 4 rings (SSSR count).